The number of hydrogen-bond donors (Lipinski definition) is 1. The van der Waals surface area contributed by atoms with Crippen molar-refractivity contribution in [2.45, 2.75) is 25.2 Å². The fourth-order valence-electron chi connectivity index (χ4n) is 2.13. The number of hydrogen-bond acceptors (Lipinski definition) is 4. The van der Waals surface area contributed by atoms with Crippen LogP contribution in [-0.4, -0.2) is 32.8 Å². The largest absolute Gasteiger partial charge is 0.341 e. The number of nitrogens with two attached hydrogens (primary N) is 1. The summed E-state index contributed by atoms with van der Waals surface area (Å²) < 4.78 is 22.7. The molecule has 7 heteroatoms. The van der Waals surface area contributed by atoms with Gasteiger partial charge in [0.2, 0.25) is 10.0 Å². The van der Waals surface area contributed by atoms with E-state index < -0.39 is 10.0 Å². The molecule has 1 aliphatic rings. The first-order chi connectivity index (χ1) is 8.70. The molecule has 0 saturated heterocycles. The Kier molecular flexibility index (Phi) is 3.72. The molecule has 0 aromatic carbocycles. The summed E-state index contributed by atoms with van der Waals surface area (Å²) in [6.45, 7) is 4.54. The van der Waals surface area contributed by atoms with Gasteiger partial charge in [-0.25, -0.2) is 13.6 Å². The van der Waals surface area contributed by atoms with Crippen LogP contribution in [0.1, 0.15) is 27.9 Å². The van der Waals surface area contributed by atoms with Gasteiger partial charge in [0.25, 0.3) is 5.91 Å². The van der Waals surface area contributed by atoms with Crippen molar-refractivity contribution in [1.29, 1.82) is 0 Å². The van der Waals surface area contributed by atoms with E-state index in [4.69, 9.17) is 5.14 Å². The Balaban J connectivity index is 2.15. The Morgan fingerprint density at radius 1 is 1.58 bits per heavy atom. The van der Waals surface area contributed by atoms with E-state index in [-0.39, 0.29) is 10.8 Å². The van der Waals surface area contributed by atoms with E-state index in [0.717, 1.165) is 13.0 Å². The first-order valence-corrected chi connectivity index (χ1v) is 8.45. The minimum Gasteiger partial charge on any atom is -0.341 e. The van der Waals surface area contributed by atoms with Gasteiger partial charge >= 0.3 is 0 Å². The third-order valence-corrected chi connectivity index (χ3v) is 5.73. The summed E-state index contributed by atoms with van der Waals surface area (Å²) >= 11 is 1.18. The van der Waals surface area contributed by atoms with Gasteiger partial charge in [0, 0.05) is 18.5 Å². The number of amides is 1. The molecule has 0 bridgehead atoms. The highest BCUT2D eigenvalue weighted by Crippen LogP contribution is 2.38. The predicted molar refractivity (Wildman–Crippen MR) is 74.7 cm³/mol. The minimum atomic E-state index is -3.75. The van der Waals surface area contributed by atoms with E-state index in [1.165, 1.54) is 17.4 Å². The molecule has 2 rings (SSSR count). The molecule has 1 heterocycles. The van der Waals surface area contributed by atoms with Crippen molar-refractivity contribution in [3.8, 4) is 0 Å². The number of aryl methyl sites for hydroxylation is 1. The lowest BCUT2D eigenvalue weighted by molar-refractivity contribution is 0.0791. The normalized spacial score (nSPS) is 22.3. The van der Waals surface area contributed by atoms with Crippen LogP contribution in [0.25, 0.3) is 0 Å². The molecule has 1 aromatic heterocycles. The van der Waals surface area contributed by atoms with E-state index in [2.05, 4.69) is 6.92 Å². The number of primary sulfonamides is 1. The maximum Gasteiger partial charge on any atom is 0.263 e. The quantitative estimate of drug-likeness (QED) is 0.913. The summed E-state index contributed by atoms with van der Waals surface area (Å²) in [6.07, 6.45) is 1.16. The lowest BCUT2D eigenvalue weighted by Gasteiger charge is -2.15. The predicted octanol–water partition coefficient (Wildman–Crippen LogP) is 1.43. The lowest BCUT2D eigenvalue weighted by atomic mass is 10.3. The number of rotatable bonds is 4. The lowest BCUT2D eigenvalue weighted by Crippen LogP contribution is -2.28. The Labute approximate surface area is 117 Å². The molecular formula is C12H18N2O3S2. The Morgan fingerprint density at radius 3 is 2.58 bits per heavy atom. The third-order valence-electron chi connectivity index (χ3n) is 3.52. The van der Waals surface area contributed by atoms with Crippen molar-refractivity contribution in [1.82, 2.24) is 4.90 Å². The zero-order chi connectivity index (χ0) is 14.4. The maximum atomic E-state index is 12.2. The number of carbonyl (C=O) groups excluding carboxylic acids is 1. The molecule has 2 atom stereocenters. The molecule has 1 aromatic rings. The van der Waals surface area contributed by atoms with Crippen LogP contribution in [0.15, 0.2) is 11.0 Å². The van der Waals surface area contributed by atoms with Crippen LogP contribution in [0.4, 0.5) is 0 Å². The van der Waals surface area contributed by atoms with Gasteiger partial charge < -0.3 is 4.90 Å². The number of thiophene rings is 1. The van der Waals surface area contributed by atoms with E-state index in [1.807, 2.05) is 0 Å². The fraction of sp³-hybridized carbons (Fsp3) is 0.583. The monoisotopic (exact) mass is 302 g/mol. The molecule has 0 aliphatic heterocycles. The molecule has 5 nitrogen and oxygen atoms in total. The summed E-state index contributed by atoms with van der Waals surface area (Å²) in [5.41, 5.74) is 0. The van der Waals surface area contributed by atoms with Gasteiger partial charge in [-0.05, 0) is 31.2 Å². The van der Waals surface area contributed by atoms with E-state index in [9.17, 15) is 13.2 Å². The number of nitrogens with zero attached hydrogens (tertiary/aromatic N) is 1. The highest BCUT2D eigenvalue weighted by atomic mass is 32.2. The fourth-order valence-corrected chi connectivity index (χ4v) is 4.27. The summed E-state index contributed by atoms with van der Waals surface area (Å²) in [6, 6.07) is 1.38. The van der Waals surface area contributed by atoms with Gasteiger partial charge in [0.15, 0.2) is 0 Å². The van der Waals surface area contributed by atoms with Crippen molar-refractivity contribution >= 4 is 27.3 Å². The second-order valence-electron chi connectivity index (χ2n) is 5.23. The highest BCUT2D eigenvalue weighted by Gasteiger charge is 2.34. The molecule has 106 valence electrons. The number of sulfonamides is 1. The molecule has 1 saturated carbocycles. The van der Waals surface area contributed by atoms with Gasteiger partial charge in [0.05, 0.1) is 9.77 Å². The standard InChI is InChI=1S/C12H18N2O3S2/c1-7-4-9(7)6-14(3)12(15)10-5-11(8(2)18-10)19(13,16)17/h5,7,9H,4,6H2,1-3H3,(H2,13,16,17). The first-order valence-electron chi connectivity index (χ1n) is 6.09. The van der Waals surface area contributed by atoms with Crippen LogP contribution in [0.2, 0.25) is 0 Å². The van der Waals surface area contributed by atoms with Gasteiger partial charge in [-0.3, -0.25) is 4.79 Å². The van der Waals surface area contributed by atoms with Crippen LogP contribution in [0.5, 0.6) is 0 Å². The van der Waals surface area contributed by atoms with Crippen molar-refractivity contribution in [2.24, 2.45) is 17.0 Å². The van der Waals surface area contributed by atoms with Crippen LogP contribution in [0.3, 0.4) is 0 Å². The molecule has 0 spiro atoms. The van der Waals surface area contributed by atoms with Crippen LogP contribution in [-0.2, 0) is 10.0 Å². The van der Waals surface area contributed by atoms with Crippen LogP contribution < -0.4 is 5.14 Å². The zero-order valence-corrected chi connectivity index (χ0v) is 12.8. The average Bonchev–Trinajstić information content (AvgIpc) is 2.81. The van der Waals surface area contributed by atoms with Gasteiger partial charge in [-0.1, -0.05) is 6.92 Å². The average molecular weight is 302 g/mol. The van der Waals surface area contributed by atoms with Crippen molar-refractivity contribution in [3.63, 3.8) is 0 Å². The molecule has 2 N–H and O–H groups in total. The molecule has 19 heavy (non-hydrogen) atoms. The molecule has 1 amide bonds. The van der Waals surface area contributed by atoms with E-state index in [0.29, 0.717) is 21.6 Å². The summed E-state index contributed by atoms with van der Waals surface area (Å²) in [4.78, 5) is 14.9. The van der Waals surface area contributed by atoms with Crippen LogP contribution >= 0.6 is 11.3 Å². The van der Waals surface area contributed by atoms with Gasteiger partial charge in [-0.2, -0.15) is 0 Å². The Hall–Kier alpha value is -0.920. The topological polar surface area (TPSA) is 80.5 Å². The number of carbonyl (C=O) groups is 1. The molecule has 0 radical (unpaired) electrons. The van der Waals surface area contributed by atoms with Crippen molar-refractivity contribution < 1.29 is 13.2 Å². The maximum absolute atomic E-state index is 12.2. The van der Waals surface area contributed by atoms with Gasteiger partial charge in [-0.15, -0.1) is 11.3 Å². The van der Waals surface area contributed by atoms with Crippen LogP contribution in [0, 0.1) is 18.8 Å². The van der Waals surface area contributed by atoms with E-state index in [1.54, 1.807) is 18.9 Å². The Bertz CT molecular complexity index is 606. The Morgan fingerprint density at radius 2 is 2.16 bits per heavy atom. The molecule has 2 unspecified atom stereocenters. The summed E-state index contributed by atoms with van der Waals surface area (Å²) in [5.74, 6) is 1.12. The second kappa shape index (κ2) is 4.88. The van der Waals surface area contributed by atoms with E-state index >= 15 is 0 Å². The molecule has 1 aliphatic carbocycles. The summed E-state index contributed by atoms with van der Waals surface area (Å²) in [5, 5.41) is 5.11. The summed E-state index contributed by atoms with van der Waals surface area (Å²) in [7, 11) is -2.00. The van der Waals surface area contributed by atoms with Crippen molar-refractivity contribution in [3.05, 3.63) is 15.8 Å². The zero-order valence-electron chi connectivity index (χ0n) is 11.2. The second-order valence-corrected chi connectivity index (χ2v) is 8.02. The van der Waals surface area contributed by atoms with Crippen molar-refractivity contribution in [2.75, 3.05) is 13.6 Å². The minimum absolute atomic E-state index is 0.0500. The SMILES string of the molecule is Cc1sc(C(=O)N(C)CC2CC2C)cc1S(N)(=O)=O. The van der Waals surface area contributed by atoms with Gasteiger partial charge in [0.1, 0.15) is 0 Å². The third kappa shape index (κ3) is 3.16. The molecule has 1 fully saturated rings. The smallest absolute Gasteiger partial charge is 0.263 e. The first kappa shape index (κ1) is 14.5. The highest BCUT2D eigenvalue weighted by molar-refractivity contribution is 7.89. The molecular weight excluding hydrogens is 284 g/mol.